The van der Waals surface area contributed by atoms with Crippen LogP contribution in [0.15, 0.2) is 30.6 Å². The highest BCUT2D eigenvalue weighted by Crippen LogP contribution is 2.47. The van der Waals surface area contributed by atoms with Crippen molar-refractivity contribution < 1.29 is 0 Å². The molecule has 0 aliphatic heterocycles. The van der Waals surface area contributed by atoms with Crippen LogP contribution in [0.25, 0.3) is 5.52 Å². The number of fused-ring (bicyclic) bond motifs is 1. The van der Waals surface area contributed by atoms with Crippen LogP contribution in [0.5, 0.6) is 0 Å². The first kappa shape index (κ1) is 7.57. The fourth-order valence-corrected chi connectivity index (χ4v) is 1.79. The Kier molecular flexibility index (Phi) is 1.27. The number of nitriles is 1. The lowest BCUT2D eigenvalue weighted by atomic mass is 10.00. The summed E-state index contributed by atoms with van der Waals surface area (Å²) in [5, 5.41) is 13.2. The Labute approximate surface area is 81.6 Å². The summed E-state index contributed by atoms with van der Waals surface area (Å²) in [7, 11) is 0. The summed E-state index contributed by atoms with van der Waals surface area (Å²) in [4.78, 5) is 0. The van der Waals surface area contributed by atoms with Crippen molar-refractivity contribution in [3.63, 3.8) is 0 Å². The minimum absolute atomic E-state index is 0.208. The molecule has 2 aromatic heterocycles. The van der Waals surface area contributed by atoms with E-state index >= 15 is 0 Å². The molecular weight excluding hydrogens is 174 g/mol. The molecule has 0 bridgehead atoms. The van der Waals surface area contributed by atoms with Crippen LogP contribution in [0, 0.1) is 11.3 Å². The zero-order chi connectivity index (χ0) is 9.60. The van der Waals surface area contributed by atoms with Crippen molar-refractivity contribution in [1.82, 2.24) is 9.61 Å². The van der Waals surface area contributed by atoms with Gasteiger partial charge in [0.2, 0.25) is 0 Å². The molecule has 0 unspecified atom stereocenters. The van der Waals surface area contributed by atoms with E-state index in [1.807, 2.05) is 28.9 Å². The van der Waals surface area contributed by atoms with Gasteiger partial charge in [-0.25, -0.2) is 4.52 Å². The van der Waals surface area contributed by atoms with E-state index in [-0.39, 0.29) is 5.41 Å². The summed E-state index contributed by atoms with van der Waals surface area (Å²) in [6.45, 7) is 0. The molecule has 3 nitrogen and oxygen atoms in total. The van der Waals surface area contributed by atoms with E-state index in [4.69, 9.17) is 5.26 Å². The van der Waals surface area contributed by atoms with E-state index in [1.54, 1.807) is 6.20 Å². The minimum atomic E-state index is -0.208. The maximum Gasteiger partial charge on any atom is 0.0838 e. The van der Waals surface area contributed by atoms with Crippen LogP contribution in [0.2, 0.25) is 0 Å². The van der Waals surface area contributed by atoms with Crippen molar-refractivity contribution >= 4 is 5.52 Å². The van der Waals surface area contributed by atoms with Crippen LogP contribution in [0.4, 0.5) is 0 Å². The van der Waals surface area contributed by atoms with Crippen LogP contribution in [0.3, 0.4) is 0 Å². The molecule has 1 aliphatic carbocycles. The standard InChI is InChI=1S/C11H9N3/c12-8-11(4-5-11)9-1-2-10-3-6-13-14(10)7-9/h1-3,6-7H,4-5H2. The second-order valence-corrected chi connectivity index (χ2v) is 3.81. The summed E-state index contributed by atoms with van der Waals surface area (Å²) >= 11 is 0. The molecule has 3 heteroatoms. The molecule has 2 heterocycles. The molecular formula is C11H9N3. The predicted octanol–water partition coefficient (Wildman–Crippen LogP) is 1.89. The Morgan fingerprint density at radius 2 is 2.21 bits per heavy atom. The van der Waals surface area contributed by atoms with E-state index < -0.39 is 0 Å². The Morgan fingerprint density at radius 1 is 1.36 bits per heavy atom. The van der Waals surface area contributed by atoms with Gasteiger partial charge in [0.15, 0.2) is 0 Å². The number of hydrogen-bond donors (Lipinski definition) is 0. The average molecular weight is 183 g/mol. The Morgan fingerprint density at radius 3 is 2.93 bits per heavy atom. The summed E-state index contributed by atoms with van der Waals surface area (Å²) in [6.07, 6.45) is 5.70. The zero-order valence-corrected chi connectivity index (χ0v) is 7.64. The largest absolute Gasteiger partial charge is 0.241 e. The van der Waals surface area contributed by atoms with E-state index in [0.29, 0.717) is 0 Å². The van der Waals surface area contributed by atoms with Gasteiger partial charge in [-0.1, -0.05) is 6.07 Å². The summed E-state index contributed by atoms with van der Waals surface area (Å²) in [6, 6.07) is 8.39. The van der Waals surface area contributed by atoms with Gasteiger partial charge < -0.3 is 0 Å². The highest BCUT2D eigenvalue weighted by Gasteiger charge is 2.45. The van der Waals surface area contributed by atoms with Crippen molar-refractivity contribution in [2.75, 3.05) is 0 Å². The van der Waals surface area contributed by atoms with Crippen LogP contribution in [-0.4, -0.2) is 9.61 Å². The molecule has 2 aromatic rings. The third-order valence-corrected chi connectivity index (χ3v) is 2.91. The molecule has 0 saturated heterocycles. The lowest BCUT2D eigenvalue weighted by molar-refractivity contribution is 0.862. The van der Waals surface area contributed by atoms with Gasteiger partial charge in [-0.05, 0) is 30.5 Å². The quantitative estimate of drug-likeness (QED) is 0.677. The van der Waals surface area contributed by atoms with Crippen molar-refractivity contribution in [2.45, 2.75) is 18.3 Å². The predicted molar refractivity (Wildman–Crippen MR) is 51.7 cm³/mol. The number of nitrogens with zero attached hydrogens (tertiary/aromatic N) is 3. The molecule has 0 amide bonds. The summed E-state index contributed by atoms with van der Waals surface area (Å²) in [5.74, 6) is 0. The van der Waals surface area contributed by atoms with E-state index in [2.05, 4.69) is 11.2 Å². The fourth-order valence-electron chi connectivity index (χ4n) is 1.79. The Balaban J connectivity index is 2.19. The van der Waals surface area contributed by atoms with Gasteiger partial charge in [0, 0.05) is 12.4 Å². The highest BCUT2D eigenvalue weighted by molar-refractivity contribution is 5.49. The number of rotatable bonds is 1. The second kappa shape index (κ2) is 2.36. The molecule has 14 heavy (non-hydrogen) atoms. The van der Waals surface area contributed by atoms with Gasteiger partial charge >= 0.3 is 0 Å². The third kappa shape index (κ3) is 0.882. The number of aromatic nitrogens is 2. The SMILES string of the molecule is N#CC1(c2ccc3ccnn3c2)CC1. The second-order valence-electron chi connectivity index (χ2n) is 3.81. The monoisotopic (exact) mass is 183 g/mol. The van der Waals surface area contributed by atoms with Crippen LogP contribution >= 0.6 is 0 Å². The molecule has 1 fully saturated rings. The van der Waals surface area contributed by atoms with Crippen LogP contribution < -0.4 is 0 Å². The van der Waals surface area contributed by atoms with Crippen molar-refractivity contribution in [3.05, 3.63) is 36.2 Å². The first-order chi connectivity index (χ1) is 6.84. The minimum Gasteiger partial charge on any atom is -0.241 e. The topological polar surface area (TPSA) is 41.1 Å². The first-order valence-electron chi connectivity index (χ1n) is 4.69. The number of hydrogen-bond acceptors (Lipinski definition) is 2. The molecule has 68 valence electrons. The van der Waals surface area contributed by atoms with Gasteiger partial charge in [-0.3, -0.25) is 0 Å². The van der Waals surface area contributed by atoms with Crippen molar-refractivity contribution in [1.29, 1.82) is 5.26 Å². The summed E-state index contributed by atoms with van der Waals surface area (Å²) in [5.41, 5.74) is 1.96. The van der Waals surface area contributed by atoms with E-state index in [9.17, 15) is 0 Å². The smallest absolute Gasteiger partial charge is 0.0838 e. The maximum atomic E-state index is 9.05. The van der Waals surface area contributed by atoms with Gasteiger partial charge in [-0.2, -0.15) is 10.4 Å². The maximum absolute atomic E-state index is 9.05. The first-order valence-corrected chi connectivity index (χ1v) is 4.69. The van der Waals surface area contributed by atoms with Gasteiger partial charge in [0.05, 0.1) is 17.0 Å². The molecule has 0 aromatic carbocycles. The van der Waals surface area contributed by atoms with Gasteiger partial charge in [0.1, 0.15) is 0 Å². The van der Waals surface area contributed by atoms with Crippen LogP contribution in [-0.2, 0) is 5.41 Å². The molecule has 0 radical (unpaired) electrons. The van der Waals surface area contributed by atoms with E-state index in [0.717, 1.165) is 23.9 Å². The summed E-state index contributed by atoms with van der Waals surface area (Å²) < 4.78 is 1.83. The normalized spacial score (nSPS) is 17.9. The Bertz CT molecular complexity index is 529. The highest BCUT2D eigenvalue weighted by atomic mass is 15.2. The zero-order valence-electron chi connectivity index (χ0n) is 7.64. The van der Waals surface area contributed by atoms with Crippen LogP contribution in [0.1, 0.15) is 18.4 Å². The van der Waals surface area contributed by atoms with Crippen molar-refractivity contribution in [2.24, 2.45) is 0 Å². The Hall–Kier alpha value is -1.82. The molecule has 1 saturated carbocycles. The lowest BCUT2D eigenvalue weighted by Crippen LogP contribution is -2.04. The van der Waals surface area contributed by atoms with Crippen molar-refractivity contribution in [3.8, 4) is 6.07 Å². The van der Waals surface area contributed by atoms with Gasteiger partial charge in [0.25, 0.3) is 0 Å². The fraction of sp³-hybridized carbons (Fsp3) is 0.273. The molecule has 3 rings (SSSR count). The number of pyridine rings is 1. The molecule has 0 N–H and O–H groups in total. The average Bonchev–Trinajstić information content (AvgIpc) is 2.89. The molecule has 1 aliphatic rings. The molecule has 0 atom stereocenters. The van der Waals surface area contributed by atoms with E-state index in [1.165, 1.54) is 0 Å². The molecule has 0 spiro atoms. The third-order valence-electron chi connectivity index (χ3n) is 2.91. The van der Waals surface area contributed by atoms with Gasteiger partial charge in [-0.15, -0.1) is 0 Å². The lowest BCUT2D eigenvalue weighted by Gasteiger charge is -2.05.